The summed E-state index contributed by atoms with van der Waals surface area (Å²) >= 11 is 0. The Morgan fingerprint density at radius 1 is 1.00 bits per heavy atom. The summed E-state index contributed by atoms with van der Waals surface area (Å²) in [4.78, 5) is 0. The van der Waals surface area contributed by atoms with Crippen molar-refractivity contribution in [1.29, 1.82) is 0 Å². The summed E-state index contributed by atoms with van der Waals surface area (Å²) in [6.07, 6.45) is 13.3. The van der Waals surface area contributed by atoms with Crippen LogP contribution in [0.1, 0.15) is 71.6 Å². The van der Waals surface area contributed by atoms with E-state index in [1.807, 2.05) is 0 Å². The molecule has 2 saturated carbocycles. The Morgan fingerprint density at radius 3 is 2.50 bits per heavy atom. The van der Waals surface area contributed by atoms with E-state index >= 15 is 0 Å². The Morgan fingerprint density at radius 2 is 1.78 bits per heavy atom. The molecular weight excluding hydrogens is 218 g/mol. The molecule has 0 saturated heterocycles. The second-order valence-corrected chi connectivity index (χ2v) is 7.03. The van der Waals surface area contributed by atoms with Gasteiger partial charge in [0, 0.05) is 0 Å². The third-order valence-corrected chi connectivity index (χ3v) is 5.35. The van der Waals surface area contributed by atoms with E-state index in [4.69, 9.17) is 0 Å². The van der Waals surface area contributed by atoms with Crippen molar-refractivity contribution in [2.75, 3.05) is 13.1 Å². The lowest BCUT2D eigenvalue weighted by molar-refractivity contribution is 0.155. The van der Waals surface area contributed by atoms with Gasteiger partial charge in [-0.15, -0.1) is 0 Å². The monoisotopic (exact) mass is 251 g/mol. The fourth-order valence-corrected chi connectivity index (χ4v) is 4.26. The maximum atomic E-state index is 3.67. The van der Waals surface area contributed by atoms with Crippen LogP contribution < -0.4 is 5.32 Å². The summed E-state index contributed by atoms with van der Waals surface area (Å²) in [5, 5.41) is 3.67. The molecule has 2 aliphatic rings. The van der Waals surface area contributed by atoms with Gasteiger partial charge in [-0.2, -0.15) is 0 Å². The number of hydrogen-bond donors (Lipinski definition) is 1. The average Bonchev–Trinajstić information content (AvgIpc) is 2.85. The van der Waals surface area contributed by atoms with E-state index < -0.39 is 0 Å². The fourth-order valence-electron chi connectivity index (χ4n) is 4.26. The van der Waals surface area contributed by atoms with Gasteiger partial charge in [0.2, 0.25) is 0 Å². The average molecular weight is 251 g/mol. The van der Waals surface area contributed by atoms with Gasteiger partial charge in [-0.1, -0.05) is 46.0 Å². The van der Waals surface area contributed by atoms with Gasteiger partial charge in [0.1, 0.15) is 0 Å². The van der Waals surface area contributed by atoms with Crippen LogP contribution in [0.2, 0.25) is 0 Å². The highest BCUT2D eigenvalue weighted by Gasteiger charge is 2.30. The molecule has 1 heteroatoms. The first kappa shape index (κ1) is 14.4. The van der Waals surface area contributed by atoms with E-state index in [1.165, 1.54) is 64.5 Å². The molecule has 0 spiro atoms. The van der Waals surface area contributed by atoms with E-state index in [0.29, 0.717) is 0 Å². The second kappa shape index (κ2) is 7.53. The van der Waals surface area contributed by atoms with Gasteiger partial charge in [-0.05, 0) is 62.4 Å². The molecule has 1 N–H and O–H groups in total. The topological polar surface area (TPSA) is 12.0 Å². The second-order valence-electron chi connectivity index (χ2n) is 7.03. The van der Waals surface area contributed by atoms with Crippen LogP contribution in [0.3, 0.4) is 0 Å². The molecule has 18 heavy (non-hydrogen) atoms. The van der Waals surface area contributed by atoms with Gasteiger partial charge in [-0.3, -0.25) is 0 Å². The molecule has 2 rings (SSSR count). The fraction of sp³-hybridized carbons (Fsp3) is 1.00. The molecule has 0 aromatic heterocycles. The number of nitrogens with one attached hydrogen (secondary N) is 1. The zero-order valence-corrected chi connectivity index (χ0v) is 12.6. The highest BCUT2D eigenvalue weighted by molar-refractivity contribution is 4.83. The smallest absolute Gasteiger partial charge is 0.00179 e. The van der Waals surface area contributed by atoms with E-state index in [1.54, 1.807) is 6.42 Å². The van der Waals surface area contributed by atoms with E-state index in [2.05, 4.69) is 19.2 Å². The van der Waals surface area contributed by atoms with Crippen LogP contribution in [-0.4, -0.2) is 13.1 Å². The molecule has 0 radical (unpaired) electrons. The molecule has 2 aliphatic carbocycles. The van der Waals surface area contributed by atoms with Gasteiger partial charge < -0.3 is 5.32 Å². The Hall–Kier alpha value is -0.0400. The Balaban J connectivity index is 1.80. The van der Waals surface area contributed by atoms with Crippen LogP contribution in [0, 0.1) is 23.7 Å². The molecule has 0 bridgehead atoms. The van der Waals surface area contributed by atoms with Crippen molar-refractivity contribution in [2.24, 2.45) is 23.7 Å². The number of rotatable bonds is 6. The van der Waals surface area contributed by atoms with Gasteiger partial charge in [-0.25, -0.2) is 0 Å². The van der Waals surface area contributed by atoms with Crippen molar-refractivity contribution in [3.8, 4) is 0 Å². The van der Waals surface area contributed by atoms with Crippen LogP contribution in [0.15, 0.2) is 0 Å². The Bertz CT molecular complexity index is 220. The first-order valence-electron chi connectivity index (χ1n) is 8.50. The zero-order chi connectivity index (χ0) is 12.8. The SMILES string of the molecule is CCCNCC1CCC(C)CC1CC1CCCC1. The van der Waals surface area contributed by atoms with Crippen molar-refractivity contribution in [1.82, 2.24) is 5.32 Å². The van der Waals surface area contributed by atoms with Crippen molar-refractivity contribution in [3.05, 3.63) is 0 Å². The maximum absolute atomic E-state index is 3.67. The van der Waals surface area contributed by atoms with Crippen LogP contribution in [-0.2, 0) is 0 Å². The summed E-state index contributed by atoms with van der Waals surface area (Å²) in [5.41, 5.74) is 0. The quantitative estimate of drug-likeness (QED) is 0.679. The summed E-state index contributed by atoms with van der Waals surface area (Å²) in [7, 11) is 0. The largest absolute Gasteiger partial charge is 0.316 e. The summed E-state index contributed by atoms with van der Waals surface area (Å²) in [6.45, 7) is 7.24. The molecule has 3 atom stereocenters. The van der Waals surface area contributed by atoms with E-state index in [0.717, 1.165) is 23.7 Å². The standard InChI is InChI=1S/C17H33N/c1-3-10-18-13-16-9-8-14(2)11-17(16)12-15-6-4-5-7-15/h14-18H,3-13H2,1-2H3. The first-order chi connectivity index (χ1) is 8.79. The molecule has 3 unspecified atom stereocenters. The minimum atomic E-state index is 0.980. The minimum Gasteiger partial charge on any atom is -0.316 e. The van der Waals surface area contributed by atoms with Crippen molar-refractivity contribution >= 4 is 0 Å². The predicted octanol–water partition coefficient (Wildman–Crippen LogP) is 4.62. The Kier molecular flexibility index (Phi) is 6.01. The van der Waals surface area contributed by atoms with Crippen molar-refractivity contribution in [2.45, 2.75) is 71.6 Å². The third kappa shape index (κ3) is 4.26. The number of hydrogen-bond acceptors (Lipinski definition) is 1. The third-order valence-electron chi connectivity index (χ3n) is 5.35. The molecule has 106 valence electrons. The molecule has 0 aromatic rings. The maximum Gasteiger partial charge on any atom is -0.00179 e. The lowest BCUT2D eigenvalue weighted by Gasteiger charge is -2.36. The lowest BCUT2D eigenvalue weighted by Crippen LogP contribution is -2.33. The van der Waals surface area contributed by atoms with Gasteiger partial charge >= 0.3 is 0 Å². The first-order valence-corrected chi connectivity index (χ1v) is 8.50. The van der Waals surface area contributed by atoms with Gasteiger partial charge in [0.05, 0.1) is 0 Å². The highest BCUT2D eigenvalue weighted by atomic mass is 14.9. The molecule has 2 fully saturated rings. The molecule has 0 heterocycles. The molecule has 0 aliphatic heterocycles. The summed E-state index contributed by atoms with van der Waals surface area (Å²) in [6, 6.07) is 0. The Labute approximate surface area is 114 Å². The van der Waals surface area contributed by atoms with E-state index in [-0.39, 0.29) is 0 Å². The van der Waals surface area contributed by atoms with Gasteiger partial charge in [0.15, 0.2) is 0 Å². The zero-order valence-electron chi connectivity index (χ0n) is 12.6. The van der Waals surface area contributed by atoms with Crippen LogP contribution in [0.5, 0.6) is 0 Å². The molecule has 1 nitrogen and oxygen atoms in total. The summed E-state index contributed by atoms with van der Waals surface area (Å²) < 4.78 is 0. The van der Waals surface area contributed by atoms with Crippen molar-refractivity contribution < 1.29 is 0 Å². The molecule has 0 amide bonds. The predicted molar refractivity (Wildman–Crippen MR) is 79.7 cm³/mol. The van der Waals surface area contributed by atoms with Crippen LogP contribution >= 0.6 is 0 Å². The highest BCUT2D eigenvalue weighted by Crippen LogP contribution is 2.40. The van der Waals surface area contributed by atoms with Crippen LogP contribution in [0.4, 0.5) is 0 Å². The minimum absolute atomic E-state index is 0.980. The van der Waals surface area contributed by atoms with Crippen molar-refractivity contribution in [3.63, 3.8) is 0 Å². The normalized spacial score (nSPS) is 34.0. The molecular formula is C17H33N. The lowest BCUT2D eigenvalue weighted by atomic mass is 9.71. The van der Waals surface area contributed by atoms with E-state index in [9.17, 15) is 0 Å². The van der Waals surface area contributed by atoms with Gasteiger partial charge in [0.25, 0.3) is 0 Å². The van der Waals surface area contributed by atoms with Crippen LogP contribution in [0.25, 0.3) is 0 Å². The molecule has 0 aromatic carbocycles. The summed E-state index contributed by atoms with van der Waals surface area (Å²) in [5.74, 6) is 4.07.